The Balaban J connectivity index is 1.69. The minimum Gasteiger partial charge on any atom is -0.480 e. The van der Waals surface area contributed by atoms with Gasteiger partial charge in [-0.15, -0.1) is 0 Å². The second-order valence-corrected chi connectivity index (χ2v) is 7.58. The van der Waals surface area contributed by atoms with Crippen molar-refractivity contribution < 1.29 is 19.5 Å². The van der Waals surface area contributed by atoms with Crippen molar-refractivity contribution in [3.8, 4) is 11.1 Å². The van der Waals surface area contributed by atoms with E-state index in [1.807, 2.05) is 12.1 Å². The van der Waals surface area contributed by atoms with Crippen molar-refractivity contribution in [3.05, 3.63) is 83.9 Å². The average Bonchev–Trinajstić information content (AvgIpc) is 2.74. The number of carboxylic acid groups (broad SMARTS) is 1. The number of nitrogen functional groups attached to an aromatic ring is 1. The number of amides is 2. The van der Waals surface area contributed by atoms with Crippen LogP contribution in [0.2, 0.25) is 0 Å². The third kappa shape index (κ3) is 5.08. The predicted molar refractivity (Wildman–Crippen MR) is 120 cm³/mol. The average molecular weight is 417 g/mol. The van der Waals surface area contributed by atoms with Gasteiger partial charge in [0.05, 0.1) is 5.56 Å². The highest BCUT2D eigenvalue weighted by molar-refractivity contribution is 6.07. The van der Waals surface area contributed by atoms with Crippen molar-refractivity contribution in [3.63, 3.8) is 0 Å². The zero-order valence-corrected chi connectivity index (χ0v) is 17.2. The van der Waals surface area contributed by atoms with Gasteiger partial charge in [-0.2, -0.15) is 0 Å². The Morgan fingerprint density at radius 2 is 1.35 bits per heavy atom. The second kappa shape index (κ2) is 8.71. The second-order valence-electron chi connectivity index (χ2n) is 7.58. The van der Waals surface area contributed by atoms with Crippen LogP contribution in [0.1, 0.15) is 34.6 Å². The molecule has 0 spiro atoms. The summed E-state index contributed by atoms with van der Waals surface area (Å²) in [4.78, 5) is 35.8. The number of hydrogen-bond donors (Lipinski definition) is 4. The van der Waals surface area contributed by atoms with Gasteiger partial charge in [0.15, 0.2) is 0 Å². The molecule has 3 rings (SSSR count). The highest BCUT2D eigenvalue weighted by atomic mass is 16.4. The molecule has 0 bridgehead atoms. The van der Waals surface area contributed by atoms with Crippen LogP contribution in [0.5, 0.6) is 0 Å². The first-order valence-corrected chi connectivity index (χ1v) is 9.59. The zero-order valence-electron chi connectivity index (χ0n) is 17.2. The van der Waals surface area contributed by atoms with Gasteiger partial charge in [-0.3, -0.25) is 9.59 Å². The van der Waals surface area contributed by atoms with E-state index in [1.54, 1.807) is 60.7 Å². The summed E-state index contributed by atoms with van der Waals surface area (Å²) in [6, 6.07) is 20.9. The summed E-state index contributed by atoms with van der Waals surface area (Å²) in [7, 11) is 0. The summed E-state index contributed by atoms with van der Waals surface area (Å²) in [5.41, 5.74) is 8.06. The first-order chi connectivity index (χ1) is 14.7. The molecule has 31 heavy (non-hydrogen) atoms. The van der Waals surface area contributed by atoms with E-state index in [1.165, 1.54) is 13.8 Å². The number of aliphatic carboxylic acids is 1. The van der Waals surface area contributed by atoms with E-state index in [0.29, 0.717) is 22.5 Å². The number of rotatable bonds is 6. The molecule has 3 aromatic rings. The number of carbonyl (C=O) groups excluding carboxylic acids is 2. The summed E-state index contributed by atoms with van der Waals surface area (Å²) < 4.78 is 0. The zero-order chi connectivity index (χ0) is 22.6. The van der Waals surface area contributed by atoms with Gasteiger partial charge in [0.1, 0.15) is 5.54 Å². The van der Waals surface area contributed by atoms with E-state index in [2.05, 4.69) is 10.6 Å². The number of hydrogen-bond acceptors (Lipinski definition) is 4. The molecule has 0 saturated heterocycles. The van der Waals surface area contributed by atoms with Crippen LogP contribution in [-0.4, -0.2) is 28.4 Å². The topological polar surface area (TPSA) is 122 Å². The Bertz CT molecular complexity index is 1120. The van der Waals surface area contributed by atoms with Crippen molar-refractivity contribution in [1.82, 2.24) is 5.32 Å². The lowest BCUT2D eigenvalue weighted by Crippen LogP contribution is -2.49. The molecule has 0 heterocycles. The summed E-state index contributed by atoms with van der Waals surface area (Å²) in [6.45, 7) is 2.85. The van der Waals surface area contributed by atoms with E-state index in [-0.39, 0.29) is 5.91 Å². The first-order valence-electron chi connectivity index (χ1n) is 9.59. The van der Waals surface area contributed by atoms with Gasteiger partial charge in [-0.05, 0) is 61.4 Å². The van der Waals surface area contributed by atoms with Gasteiger partial charge in [0.25, 0.3) is 11.8 Å². The number of benzene rings is 3. The molecular formula is C24H23N3O4. The van der Waals surface area contributed by atoms with Gasteiger partial charge in [-0.25, -0.2) is 4.79 Å². The van der Waals surface area contributed by atoms with Crippen molar-refractivity contribution in [2.24, 2.45) is 0 Å². The first kappa shape index (κ1) is 21.6. The third-order valence-corrected chi connectivity index (χ3v) is 4.79. The number of carboxylic acids is 1. The lowest BCUT2D eigenvalue weighted by Gasteiger charge is -2.21. The molecule has 158 valence electrons. The highest BCUT2D eigenvalue weighted by Gasteiger charge is 2.29. The largest absolute Gasteiger partial charge is 0.480 e. The van der Waals surface area contributed by atoms with Crippen LogP contribution in [0.3, 0.4) is 0 Å². The number of para-hydroxylation sites is 1. The van der Waals surface area contributed by atoms with Crippen LogP contribution in [0.4, 0.5) is 11.4 Å². The van der Waals surface area contributed by atoms with Crippen LogP contribution < -0.4 is 16.4 Å². The number of nitrogens with one attached hydrogen (secondary N) is 2. The third-order valence-electron chi connectivity index (χ3n) is 4.79. The number of nitrogens with two attached hydrogens (primary N) is 1. The van der Waals surface area contributed by atoms with Gasteiger partial charge in [-0.1, -0.05) is 36.4 Å². The molecule has 0 unspecified atom stereocenters. The quantitative estimate of drug-likeness (QED) is 0.455. The van der Waals surface area contributed by atoms with Crippen molar-refractivity contribution in [1.29, 1.82) is 0 Å². The fraction of sp³-hybridized carbons (Fsp3) is 0.125. The lowest BCUT2D eigenvalue weighted by atomic mass is 10.0. The smallest absolute Gasteiger partial charge is 0.328 e. The monoisotopic (exact) mass is 417 g/mol. The molecule has 7 nitrogen and oxygen atoms in total. The Morgan fingerprint density at radius 1 is 0.806 bits per heavy atom. The summed E-state index contributed by atoms with van der Waals surface area (Å²) in [5, 5.41) is 14.4. The van der Waals surface area contributed by atoms with Gasteiger partial charge in [0, 0.05) is 16.9 Å². The van der Waals surface area contributed by atoms with Crippen molar-refractivity contribution in [2.45, 2.75) is 19.4 Å². The summed E-state index contributed by atoms with van der Waals surface area (Å²) >= 11 is 0. The normalized spacial score (nSPS) is 10.9. The standard InChI is InChI=1S/C24H23N3O4/c1-24(2,23(30)31)27-21(28)17-9-7-15(8-10-17)16-11-13-18(14-12-16)26-22(29)19-5-3-4-6-20(19)25/h3-14H,25H2,1-2H3,(H,26,29)(H,27,28)(H,30,31). The molecule has 3 aromatic carbocycles. The minimum absolute atomic E-state index is 0.287. The Labute approximate surface area is 179 Å². The van der Waals surface area contributed by atoms with Crippen molar-refractivity contribution in [2.75, 3.05) is 11.1 Å². The van der Waals surface area contributed by atoms with Crippen LogP contribution in [-0.2, 0) is 4.79 Å². The molecule has 0 atom stereocenters. The Hall–Kier alpha value is -4.13. The fourth-order valence-corrected chi connectivity index (χ4v) is 2.87. The maximum atomic E-state index is 12.4. The van der Waals surface area contributed by atoms with Crippen molar-refractivity contribution >= 4 is 29.2 Å². The molecule has 0 aromatic heterocycles. The Morgan fingerprint density at radius 3 is 1.90 bits per heavy atom. The van der Waals surface area contributed by atoms with Crippen LogP contribution in [0.25, 0.3) is 11.1 Å². The van der Waals surface area contributed by atoms with Gasteiger partial charge < -0.3 is 21.5 Å². The van der Waals surface area contributed by atoms with Crippen LogP contribution >= 0.6 is 0 Å². The SMILES string of the molecule is CC(C)(NC(=O)c1ccc(-c2ccc(NC(=O)c3ccccc3N)cc2)cc1)C(=O)O. The maximum Gasteiger partial charge on any atom is 0.328 e. The molecule has 0 saturated carbocycles. The Kier molecular flexibility index (Phi) is 6.06. The molecule has 0 radical (unpaired) electrons. The van der Waals surface area contributed by atoms with E-state index >= 15 is 0 Å². The molecule has 0 aliphatic rings. The predicted octanol–water partition coefficient (Wildman–Crippen LogP) is 3.78. The number of anilines is 2. The molecule has 0 aliphatic carbocycles. The molecule has 5 N–H and O–H groups in total. The maximum absolute atomic E-state index is 12.4. The van der Waals surface area contributed by atoms with E-state index in [9.17, 15) is 14.4 Å². The molecule has 2 amide bonds. The molecule has 0 aliphatic heterocycles. The number of carbonyl (C=O) groups is 3. The molecular weight excluding hydrogens is 394 g/mol. The highest BCUT2D eigenvalue weighted by Crippen LogP contribution is 2.23. The summed E-state index contributed by atoms with van der Waals surface area (Å²) in [5.74, 6) is -1.86. The lowest BCUT2D eigenvalue weighted by molar-refractivity contribution is -0.143. The molecule has 7 heteroatoms. The van der Waals surface area contributed by atoms with Crippen LogP contribution in [0.15, 0.2) is 72.8 Å². The van der Waals surface area contributed by atoms with Crippen LogP contribution in [0, 0.1) is 0 Å². The fourth-order valence-electron chi connectivity index (χ4n) is 2.87. The van der Waals surface area contributed by atoms with E-state index < -0.39 is 17.4 Å². The van der Waals surface area contributed by atoms with E-state index in [4.69, 9.17) is 10.8 Å². The van der Waals surface area contributed by atoms with Gasteiger partial charge in [0.2, 0.25) is 0 Å². The minimum atomic E-state index is -1.36. The van der Waals surface area contributed by atoms with E-state index in [0.717, 1.165) is 11.1 Å². The molecule has 0 fully saturated rings. The summed E-state index contributed by atoms with van der Waals surface area (Å²) in [6.07, 6.45) is 0. The van der Waals surface area contributed by atoms with Gasteiger partial charge >= 0.3 is 5.97 Å².